The van der Waals surface area contributed by atoms with E-state index in [1.165, 1.54) is 24.3 Å². The first-order valence-corrected chi connectivity index (χ1v) is 7.35. The maximum absolute atomic E-state index is 11.9. The summed E-state index contributed by atoms with van der Waals surface area (Å²) >= 11 is 0. The molecule has 0 spiro atoms. The maximum atomic E-state index is 11.9. The van der Waals surface area contributed by atoms with E-state index in [0.29, 0.717) is 4.90 Å². The molecule has 1 unspecified atom stereocenters. The average molecular weight is 299 g/mol. The summed E-state index contributed by atoms with van der Waals surface area (Å²) in [5.74, 6) is -0.278. The second kappa shape index (κ2) is 6.60. The van der Waals surface area contributed by atoms with Gasteiger partial charge in [-0.05, 0) is 32.9 Å². The molecular weight excluding hydrogens is 282 g/mol. The molecule has 0 saturated heterocycles. The van der Waals surface area contributed by atoms with Crippen molar-refractivity contribution < 1.29 is 18.7 Å². The Hall–Kier alpha value is -1.76. The Labute approximate surface area is 119 Å². The molecule has 20 heavy (non-hydrogen) atoms. The van der Waals surface area contributed by atoms with E-state index in [9.17, 15) is 19.1 Å². The van der Waals surface area contributed by atoms with Gasteiger partial charge >= 0.3 is 5.97 Å². The highest BCUT2D eigenvalue weighted by molar-refractivity contribution is 7.85. The van der Waals surface area contributed by atoms with Crippen LogP contribution in [-0.2, 0) is 20.3 Å². The van der Waals surface area contributed by atoms with Crippen LogP contribution < -0.4 is 0 Å². The minimum Gasteiger partial charge on any atom is -0.460 e. The first-order valence-electron chi connectivity index (χ1n) is 6.04. The minimum absolute atomic E-state index is 0.0425. The molecule has 1 aromatic rings. The maximum Gasteiger partial charge on any atom is 0.307 e. The summed E-state index contributed by atoms with van der Waals surface area (Å²) in [5, 5.41) is 10.5. The molecule has 0 aliphatic heterocycles. The van der Waals surface area contributed by atoms with Gasteiger partial charge in [0, 0.05) is 22.8 Å². The van der Waals surface area contributed by atoms with E-state index in [0.717, 1.165) is 0 Å². The van der Waals surface area contributed by atoms with E-state index >= 15 is 0 Å². The molecule has 0 radical (unpaired) electrons. The van der Waals surface area contributed by atoms with Crippen molar-refractivity contribution in [2.45, 2.75) is 37.7 Å². The van der Waals surface area contributed by atoms with Gasteiger partial charge in [-0.2, -0.15) is 0 Å². The molecule has 1 aromatic carbocycles. The van der Waals surface area contributed by atoms with Crippen molar-refractivity contribution >= 4 is 22.5 Å². The van der Waals surface area contributed by atoms with E-state index in [-0.39, 0.29) is 17.9 Å². The molecular formula is C13H17NO5S. The summed E-state index contributed by atoms with van der Waals surface area (Å²) in [6.07, 6.45) is 0.0425. The van der Waals surface area contributed by atoms with Crippen LogP contribution in [0.3, 0.4) is 0 Å². The standard InChI is InChI=1S/C13H17NO5S/c1-13(2,3)19-12(15)8-9-20(18)11-6-4-10(5-7-11)14(16)17/h4-7H,8-9H2,1-3H3. The molecule has 0 aliphatic carbocycles. The SMILES string of the molecule is CC(C)(C)OC(=O)CCS(=O)c1ccc([N+](=O)[O-])cc1. The van der Waals surface area contributed by atoms with E-state index in [4.69, 9.17) is 4.74 Å². The number of rotatable bonds is 5. The summed E-state index contributed by atoms with van der Waals surface area (Å²) in [6, 6.07) is 5.45. The Morgan fingerprint density at radius 1 is 1.30 bits per heavy atom. The number of nitro benzene ring substituents is 1. The summed E-state index contributed by atoms with van der Waals surface area (Å²) in [4.78, 5) is 21.9. The number of carbonyl (C=O) groups is 1. The molecule has 0 aliphatic rings. The quantitative estimate of drug-likeness (QED) is 0.473. The lowest BCUT2D eigenvalue weighted by Gasteiger charge is -2.19. The van der Waals surface area contributed by atoms with E-state index < -0.39 is 27.3 Å². The van der Waals surface area contributed by atoms with Crippen molar-refractivity contribution in [1.82, 2.24) is 0 Å². The minimum atomic E-state index is -1.38. The molecule has 0 amide bonds. The molecule has 7 heteroatoms. The summed E-state index contributed by atoms with van der Waals surface area (Å²) in [7, 11) is -1.38. The lowest BCUT2D eigenvalue weighted by atomic mass is 10.2. The van der Waals surface area contributed by atoms with Gasteiger partial charge in [0.05, 0.1) is 22.1 Å². The molecule has 0 bridgehead atoms. The van der Waals surface area contributed by atoms with Gasteiger partial charge in [0.2, 0.25) is 0 Å². The Morgan fingerprint density at radius 2 is 1.85 bits per heavy atom. The Morgan fingerprint density at radius 3 is 2.30 bits per heavy atom. The van der Waals surface area contributed by atoms with Crippen LogP contribution in [0.15, 0.2) is 29.2 Å². The van der Waals surface area contributed by atoms with Gasteiger partial charge in [-0.3, -0.25) is 19.1 Å². The van der Waals surface area contributed by atoms with Crippen molar-refractivity contribution in [1.29, 1.82) is 0 Å². The van der Waals surface area contributed by atoms with Crippen molar-refractivity contribution in [3.8, 4) is 0 Å². The van der Waals surface area contributed by atoms with Gasteiger partial charge < -0.3 is 4.74 Å². The molecule has 6 nitrogen and oxygen atoms in total. The molecule has 0 fully saturated rings. The van der Waals surface area contributed by atoms with Gasteiger partial charge in [-0.1, -0.05) is 0 Å². The molecule has 0 heterocycles. The normalized spacial score (nSPS) is 12.8. The predicted octanol–water partition coefficient (Wildman–Crippen LogP) is 2.43. The zero-order chi connectivity index (χ0) is 15.3. The second-order valence-corrected chi connectivity index (χ2v) is 6.71. The van der Waals surface area contributed by atoms with Crippen molar-refractivity contribution in [2.24, 2.45) is 0 Å². The number of benzene rings is 1. The topological polar surface area (TPSA) is 86.5 Å². The number of hydrogen-bond donors (Lipinski definition) is 0. The van der Waals surface area contributed by atoms with Crippen LogP contribution in [0.5, 0.6) is 0 Å². The third-order valence-electron chi connectivity index (χ3n) is 2.22. The summed E-state index contributed by atoms with van der Waals surface area (Å²) in [5.41, 5.74) is -0.621. The Balaban J connectivity index is 2.55. The van der Waals surface area contributed by atoms with Crippen molar-refractivity contribution in [3.63, 3.8) is 0 Å². The fourth-order valence-electron chi connectivity index (χ4n) is 1.41. The van der Waals surface area contributed by atoms with Crippen LogP contribution in [0, 0.1) is 10.1 Å². The first kappa shape index (κ1) is 16.3. The number of nitro groups is 1. The monoisotopic (exact) mass is 299 g/mol. The van der Waals surface area contributed by atoms with Crippen LogP contribution in [-0.4, -0.2) is 26.5 Å². The molecule has 0 aromatic heterocycles. The van der Waals surface area contributed by atoms with Crippen LogP contribution in [0.1, 0.15) is 27.2 Å². The number of carbonyl (C=O) groups excluding carboxylic acids is 1. The van der Waals surface area contributed by atoms with Crippen molar-refractivity contribution in [3.05, 3.63) is 34.4 Å². The van der Waals surface area contributed by atoms with Gasteiger partial charge in [-0.25, -0.2) is 0 Å². The first-order chi connectivity index (χ1) is 9.19. The number of hydrogen-bond acceptors (Lipinski definition) is 5. The van der Waals surface area contributed by atoms with E-state index in [2.05, 4.69) is 0 Å². The third kappa shape index (κ3) is 5.48. The van der Waals surface area contributed by atoms with E-state index in [1.54, 1.807) is 20.8 Å². The molecule has 1 atom stereocenters. The number of non-ortho nitro benzene ring substituents is 1. The molecule has 1 rings (SSSR count). The van der Waals surface area contributed by atoms with Crippen LogP contribution >= 0.6 is 0 Å². The van der Waals surface area contributed by atoms with Gasteiger partial charge in [-0.15, -0.1) is 0 Å². The zero-order valence-electron chi connectivity index (χ0n) is 11.6. The fraction of sp³-hybridized carbons (Fsp3) is 0.462. The van der Waals surface area contributed by atoms with Gasteiger partial charge in [0.25, 0.3) is 5.69 Å². The van der Waals surface area contributed by atoms with Crippen LogP contribution in [0.25, 0.3) is 0 Å². The average Bonchev–Trinajstić information content (AvgIpc) is 2.34. The lowest BCUT2D eigenvalue weighted by Crippen LogP contribution is -2.24. The van der Waals surface area contributed by atoms with Crippen LogP contribution in [0.2, 0.25) is 0 Å². The smallest absolute Gasteiger partial charge is 0.307 e. The fourth-order valence-corrected chi connectivity index (χ4v) is 2.43. The number of nitrogens with zero attached hydrogens (tertiary/aromatic N) is 1. The number of ether oxygens (including phenoxy) is 1. The van der Waals surface area contributed by atoms with Gasteiger partial charge in [0.1, 0.15) is 5.60 Å². The largest absolute Gasteiger partial charge is 0.460 e. The number of esters is 1. The highest BCUT2D eigenvalue weighted by atomic mass is 32.2. The summed E-state index contributed by atoms with van der Waals surface area (Å²) in [6.45, 7) is 5.29. The molecule has 110 valence electrons. The summed E-state index contributed by atoms with van der Waals surface area (Å²) < 4.78 is 17.0. The second-order valence-electron chi connectivity index (χ2n) is 5.14. The van der Waals surface area contributed by atoms with Gasteiger partial charge in [0.15, 0.2) is 0 Å². The van der Waals surface area contributed by atoms with Crippen LogP contribution in [0.4, 0.5) is 5.69 Å². The Kier molecular flexibility index (Phi) is 5.38. The van der Waals surface area contributed by atoms with Crippen molar-refractivity contribution in [2.75, 3.05) is 5.75 Å². The highest BCUT2D eigenvalue weighted by Gasteiger charge is 2.17. The Bertz CT molecular complexity index is 519. The highest BCUT2D eigenvalue weighted by Crippen LogP contribution is 2.15. The predicted molar refractivity (Wildman–Crippen MR) is 74.8 cm³/mol. The van der Waals surface area contributed by atoms with E-state index in [1.807, 2.05) is 0 Å². The molecule has 0 saturated carbocycles. The lowest BCUT2D eigenvalue weighted by molar-refractivity contribution is -0.384. The zero-order valence-corrected chi connectivity index (χ0v) is 12.4. The third-order valence-corrected chi connectivity index (χ3v) is 3.59. The molecule has 0 N–H and O–H groups in total.